The van der Waals surface area contributed by atoms with Crippen LogP contribution in [0.5, 0.6) is 5.75 Å². The number of amides is 1. The van der Waals surface area contributed by atoms with Gasteiger partial charge in [0.1, 0.15) is 5.75 Å². The maximum absolute atomic E-state index is 12.5. The summed E-state index contributed by atoms with van der Waals surface area (Å²) >= 11 is 0. The maximum Gasteiger partial charge on any atom is 0.310 e. The van der Waals surface area contributed by atoms with Gasteiger partial charge >= 0.3 is 5.97 Å². The third-order valence-electron chi connectivity index (χ3n) is 4.76. The molecule has 134 valence electrons. The molecular weight excluding hydrogens is 306 g/mol. The van der Waals surface area contributed by atoms with E-state index < -0.39 is 11.4 Å². The largest absolute Gasteiger partial charge is 0.497 e. The lowest BCUT2D eigenvalue weighted by Crippen LogP contribution is -2.39. The molecule has 1 unspecified atom stereocenters. The first-order valence-electron chi connectivity index (χ1n) is 8.46. The van der Waals surface area contributed by atoms with Gasteiger partial charge in [-0.3, -0.25) is 9.59 Å². The number of aliphatic carboxylic acids is 1. The van der Waals surface area contributed by atoms with E-state index in [0.29, 0.717) is 12.8 Å². The fraction of sp³-hybridized carbons (Fsp3) is 0.579. The normalized spacial score (nSPS) is 12.8. The van der Waals surface area contributed by atoms with Gasteiger partial charge < -0.3 is 15.2 Å². The molecule has 1 aromatic rings. The van der Waals surface area contributed by atoms with Crippen LogP contribution in [0.4, 0.5) is 0 Å². The van der Waals surface area contributed by atoms with Crippen LogP contribution >= 0.6 is 0 Å². The first-order chi connectivity index (χ1) is 11.3. The second kappa shape index (κ2) is 8.71. The lowest BCUT2D eigenvalue weighted by Gasteiger charge is -2.29. The van der Waals surface area contributed by atoms with Crippen LogP contribution in [0.3, 0.4) is 0 Å². The van der Waals surface area contributed by atoms with Crippen molar-refractivity contribution in [1.29, 1.82) is 0 Å². The monoisotopic (exact) mass is 335 g/mol. The van der Waals surface area contributed by atoms with Gasteiger partial charge in [0.15, 0.2) is 0 Å². The molecule has 0 saturated heterocycles. The summed E-state index contributed by atoms with van der Waals surface area (Å²) in [6.07, 6.45) is 0.858. The number of hydrogen-bond donors (Lipinski definition) is 2. The van der Waals surface area contributed by atoms with E-state index in [1.807, 2.05) is 52.0 Å². The molecule has 0 saturated carbocycles. The van der Waals surface area contributed by atoms with Gasteiger partial charge in [0.05, 0.1) is 18.6 Å². The smallest absolute Gasteiger partial charge is 0.310 e. The standard InChI is InChI=1S/C19H29NO4/c1-6-19(7-2,18(22)23)12-16(21)20-17(13(3)4)14-8-10-15(24-5)11-9-14/h8-11,13,17H,6-7,12H2,1-5H3,(H,20,21)(H,22,23). The molecule has 24 heavy (non-hydrogen) atoms. The van der Waals surface area contributed by atoms with Crippen LogP contribution < -0.4 is 10.1 Å². The quantitative estimate of drug-likeness (QED) is 0.720. The number of rotatable bonds is 9. The highest BCUT2D eigenvalue weighted by Crippen LogP contribution is 2.32. The van der Waals surface area contributed by atoms with E-state index in [9.17, 15) is 14.7 Å². The molecule has 0 aliphatic heterocycles. The van der Waals surface area contributed by atoms with Gasteiger partial charge in [-0.25, -0.2) is 0 Å². The first kappa shape index (κ1) is 20.0. The Morgan fingerprint density at radius 2 is 1.71 bits per heavy atom. The molecule has 2 N–H and O–H groups in total. The first-order valence-corrected chi connectivity index (χ1v) is 8.46. The van der Waals surface area contributed by atoms with Crippen molar-refractivity contribution in [3.63, 3.8) is 0 Å². The lowest BCUT2D eigenvalue weighted by molar-refractivity contribution is -0.152. The molecule has 5 heteroatoms. The highest BCUT2D eigenvalue weighted by Gasteiger charge is 2.37. The Hall–Kier alpha value is -2.04. The Kier molecular flexibility index (Phi) is 7.26. The van der Waals surface area contributed by atoms with Gasteiger partial charge in [-0.1, -0.05) is 39.8 Å². The van der Waals surface area contributed by atoms with Gasteiger partial charge in [0, 0.05) is 6.42 Å². The molecule has 1 aromatic carbocycles. The minimum Gasteiger partial charge on any atom is -0.497 e. The summed E-state index contributed by atoms with van der Waals surface area (Å²) in [5, 5.41) is 12.5. The van der Waals surface area contributed by atoms with Crippen molar-refractivity contribution in [2.75, 3.05) is 7.11 Å². The number of nitrogens with one attached hydrogen (secondary N) is 1. The predicted molar refractivity (Wildman–Crippen MR) is 94.0 cm³/mol. The SMILES string of the molecule is CCC(CC)(CC(=O)NC(c1ccc(OC)cc1)C(C)C)C(=O)O. The van der Waals surface area contributed by atoms with E-state index in [4.69, 9.17) is 4.74 Å². The average Bonchev–Trinajstić information content (AvgIpc) is 2.57. The molecule has 0 spiro atoms. The van der Waals surface area contributed by atoms with E-state index in [1.165, 1.54) is 0 Å². The van der Waals surface area contributed by atoms with Gasteiger partial charge in [-0.15, -0.1) is 0 Å². The summed E-state index contributed by atoms with van der Waals surface area (Å²) in [7, 11) is 1.61. The Balaban J connectivity index is 2.91. The highest BCUT2D eigenvalue weighted by atomic mass is 16.5. The number of carboxylic acids is 1. The van der Waals surface area contributed by atoms with Gasteiger partial charge in [-0.05, 0) is 36.5 Å². The third kappa shape index (κ3) is 4.73. The summed E-state index contributed by atoms with van der Waals surface area (Å²) in [4.78, 5) is 24.1. The summed E-state index contributed by atoms with van der Waals surface area (Å²) in [6, 6.07) is 7.40. The fourth-order valence-electron chi connectivity index (χ4n) is 2.86. The van der Waals surface area contributed by atoms with Crippen molar-refractivity contribution < 1.29 is 19.4 Å². The Morgan fingerprint density at radius 3 is 2.08 bits per heavy atom. The zero-order chi connectivity index (χ0) is 18.3. The zero-order valence-corrected chi connectivity index (χ0v) is 15.3. The van der Waals surface area contributed by atoms with Crippen molar-refractivity contribution >= 4 is 11.9 Å². The number of ether oxygens (including phenoxy) is 1. The predicted octanol–water partition coefficient (Wildman–Crippen LogP) is 3.79. The molecule has 0 radical (unpaired) electrons. The lowest BCUT2D eigenvalue weighted by atomic mass is 9.79. The molecular formula is C19H29NO4. The van der Waals surface area contributed by atoms with Crippen molar-refractivity contribution in [1.82, 2.24) is 5.32 Å². The van der Waals surface area contributed by atoms with E-state index in [2.05, 4.69) is 5.32 Å². The van der Waals surface area contributed by atoms with E-state index >= 15 is 0 Å². The number of carboxylic acid groups (broad SMARTS) is 1. The Morgan fingerprint density at radius 1 is 1.17 bits per heavy atom. The number of methoxy groups -OCH3 is 1. The zero-order valence-electron chi connectivity index (χ0n) is 15.3. The minimum atomic E-state index is -0.995. The third-order valence-corrected chi connectivity index (χ3v) is 4.76. The topological polar surface area (TPSA) is 75.6 Å². The van der Waals surface area contributed by atoms with Crippen LogP contribution in [-0.2, 0) is 9.59 Å². The van der Waals surface area contributed by atoms with E-state index in [-0.39, 0.29) is 24.3 Å². The molecule has 1 amide bonds. The molecule has 0 bridgehead atoms. The molecule has 0 aliphatic carbocycles. The number of benzene rings is 1. The van der Waals surface area contributed by atoms with E-state index in [1.54, 1.807) is 7.11 Å². The summed E-state index contributed by atoms with van der Waals surface area (Å²) in [6.45, 7) is 7.68. The number of hydrogen-bond acceptors (Lipinski definition) is 3. The average molecular weight is 335 g/mol. The molecule has 5 nitrogen and oxygen atoms in total. The van der Waals surface area contributed by atoms with Gasteiger partial charge in [0.25, 0.3) is 0 Å². The summed E-state index contributed by atoms with van der Waals surface area (Å²) < 4.78 is 5.16. The van der Waals surface area contributed by atoms with Gasteiger partial charge in [0.2, 0.25) is 5.91 Å². The second-order valence-electron chi connectivity index (χ2n) is 6.53. The molecule has 1 rings (SSSR count). The molecule has 0 aromatic heterocycles. The molecule has 0 aliphatic rings. The minimum absolute atomic E-state index is 0.00525. The fourth-order valence-corrected chi connectivity index (χ4v) is 2.86. The van der Waals surface area contributed by atoms with E-state index in [0.717, 1.165) is 11.3 Å². The van der Waals surface area contributed by atoms with Crippen molar-refractivity contribution in [3.05, 3.63) is 29.8 Å². The van der Waals surface area contributed by atoms with Gasteiger partial charge in [-0.2, -0.15) is 0 Å². The summed E-state index contributed by atoms with van der Waals surface area (Å²) in [5.74, 6) is -0.192. The summed E-state index contributed by atoms with van der Waals surface area (Å²) in [5.41, 5.74) is -0.0148. The van der Waals surface area contributed by atoms with Crippen LogP contribution in [0.1, 0.15) is 58.6 Å². The molecule has 0 fully saturated rings. The van der Waals surface area contributed by atoms with Crippen LogP contribution in [0.2, 0.25) is 0 Å². The van der Waals surface area contributed by atoms with Crippen LogP contribution in [0.25, 0.3) is 0 Å². The van der Waals surface area contributed by atoms with Crippen LogP contribution in [0, 0.1) is 11.3 Å². The van der Waals surface area contributed by atoms with Crippen LogP contribution in [-0.4, -0.2) is 24.1 Å². The van der Waals surface area contributed by atoms with Crippen molar-refractivity contribution in [2.24, 2.45) is 11.3 Å². The number of carbonyl (C=O) groups is 2. The highest BCUT2D eigenvalue weighted by molar-refractivity contribution is 5.85. The Labute approximate surface area is 144 Å². The Bertz CT molecular complexity index is 547. The van der Waals surface area contributed by atoms with Crippen LogP contribution in [0.15, 0.2) is 24.3 Å². The second-order valence-corrected chi connectivity index (χ2v) is 6.53. The molecule has 0 heterocycles. The maximum atomic E-state index is 12.5. The van der Waals surface area contributed by atoms with Crippen molar-refractivity contribution in [2.45, 2.75) is 53.0 Å². The molecule has 1 atom stereocenters. The van der Waals surface area contributed by atoms with Crippen molar-refractivity contribution in [3.8, 4) is 5.75 Å². The number of carbonyl (C=O) groups excluding carboxylic acids is 1.